The SMILES string of the molecule is CCCCNC(=O)[C@H](Cc1ccccc1)N(Cc1c(Cl)cccc1Cl)C(=O)CN(c1ccc(OC)c(Cl)c1)S(=O)(=O)c1ccccc1. The molecule has 0 aliphatic heterocycles. The van der Waals surface area contributed by atoms with Gasteiger partial charge in [0.1, 0.15) is 18.3 Å². The highest BCUT2D eigenvalue weighted by atomic mass is 35.5. The molecule has 2 amide bonds. The van der Waals surface area contributed by atoms with E-state index in [1.165, 1.54) is 42.3 Å². The second kappa shape index (κ2) is 16.9. The van der Waals surface area contributed by atoms with Crippen LogP contribution in [-0.2, 0) is 32.6 Å². The maximum absolute atomic E-state index is 14.6. The molecule has 0 spiro atoms. The van der Waals surface area contributed by atoms with Crippen LogP contribution in [0.2, 0.25) is 15.1 Å². The predicted octanol–water partition coefficient (Wildman–Crippen LogP) is 7.41. The van der Waals surface area contributed by atoms with Gasteiger partial charge in [-0.25, -0.2) is 8.42 Å². The third-order valence-electron chi connectivity index (χ3n) is 7.52. The number of nitrogens with zero attached hydrogens (tertiary/aromatic N) is 2. The van der Waals surface area contributed by atoms with E-state index in [0.717, 1.165) is 22.7 Å². The molecule has 0 fully saturated rings. The van der Waals surface area contributed by atoms with Gasteiger partial charge in [0.25, 0.3) is 10.0 Å². The minimum atomic E-state index is -4.30. The van der Waals surface area contributed by atoms with Crippen molar-refractivity contribution in [2.45, 2.75) is 43.7 Å². The number of carbonyl (C=O) groups is 2. The quantitative estimate of drug-likeness (QED) is 0.129. The van der Waals surface area contributed by atoms with E-state index in [1.807, 2.05) is 37.3 Å². The normalized spacial score (nSPS) is 11.9. The third-order valence-corrected chi connectivity index (χ3v) is 10.3. The van der Waals surface area contributed by atoms with Gasteiger partial charge in [0, 0.05) is 35.1 Å². The fourth-order valence-electron chi connectivity index (χ4n) is 4.97. The minimum absolute atomic E-state index is 0.0291. The molecule has 0 aliphatic carbocycles. The van der Waals surface area contributed by atoms with Crippen molar-refractivity contribution in [2.24, 2.45) is 0 Å². The molecule has 1 N–H and O–H groups in total. The van der Waals surface area contributed by atoms with Crippen molar-refractivity contribution >= 4 is 62.3 Å². The maximum atomic E-state index is 14.6. The number of anilines is 1. The van der Waals surface area contributed by atoms with Crippen LogP contribution in [0.1, 0.15) is 30.9 Å². The molecule has 0 bridgehead atoms. The molecule has 0 aromatic heterocycles. The minimum Gasteiger partial charge on any atom is -0.495 e. The van der Waals surface area contributed by atoms with Crippen LogP contribution in [0.25, 0.3) is 0 Å². The van der Waals surface area contributed by atoms with Crippen LogP contribution in [0.4, 0.5) is 5.69 Å². The van der Waals surface area contributed by atoms with Gasteiger partial charge in [-0.05, 0) is 54.4 Å². The standard InChI is InChI=1S/C35H36Cl3N3O5S/c1-3-4-20-39-35(43)32(21-25-12-7-5-8-13-25)40(23-28-29(36)16-11-17-30(28)37)34(42)24-41(26-18-19-33(46-2)31(38)22-26)47(44,45)27-14-9-6-10-15-27/h5-19,22,32H,3-4,20-21,23-24H2,1-2H3,(H,39,43)/t32-/m0/s1. The topological polar surface area (TPSA) is 96.0 Å². The van der Waals surface area contributed by atoms with E-state index in [4.69, 9.17) is 39.5 Å². The molecule has 0 aliphatic rings. The van der Waals surface area contributed by atoms with E-state index in [2.05, 4.69) is 5.32 Å². The molecule has 4 aromatic carbocycles. The van der Waals surface area contributed by atoms with Gasteiger partial charge in [-0.2, -0.15) is 0 Å². The lowest BCUT2D eigenvalue weighted by Gasteiger charge is -2.34. The summed E-state index contributed by atoms with van der Waals surface area (Å²) in [5, 5.41) is 3.71. The number of carbonyl (C=O) groups excluding carboxylic acids is 2. The van der Waals surface area contributed by atoms with Gasteiger partial charge in [0.05, 0.1) is 22.7 Å². The Morgan fingerprint density at radius 3 is 2.09 bits per heavy atom. The van der Waals surface area contributed by atoms with Crippen LogP contribution >= 0.6 is 34.8 Å². The molecule has 248 valence electrons. The molecule has 47 heavy (non-hydrogen) atoms. The van der Waals surface area contributed by atoms with E-state index < -0.39 is 28.5 Å². The number of nitrogens with one attached hydrogen (secondary N) is 1. The lowest BCUT2D eigenvalue weighted by Crippen LogP contribution is -2.53. The molecule has 0 radical (unpaired) electrons. The number of amides is 2. The van der Waals surface area contributed by atoms with Crippen molar-refractivity contribution in [1.82, 2.24) is 10.2 Å². The first-order valence-corrected chi connectivity index (χ1v) is 17.6. The van der Waals surface area contributed by atoms with Crippen LogP contribution in [0.15, 0.2) is 102 Å². The van der Waals surface area contributed by atoms with Crippen LogP contribution < -0.4 is 14.4 Å². The Morgan fingerprint density at radius 1 is 0.851 bits per heavy atom. The summed E-state index contributed by atoms with van der Waals surface area (Å²) in [5.74, 6) is -0.705. The van der Waals surface area contributed by atoms with Crippen LogP contribution in [0.3, 0.4) is 0 Å². The van der Waals surface area contributed by atoms with Crippen LogP contribution in [0, 0.1) is 0 Å². The number of hydrogen-bond donors (Lipinski definition) is 1. The average Bonchev–Trinajstić information content (AvgIpc) is 3.07. The predicted molar refractivity (Wildman–Crippen MR) is 188 cm³/mol. The highest BCUT2D eigenvalue weighted by Gasteiger charge is 2.35. The van der Waals surface area contributed by atoms with Crippen molar-refractivity contribution in [3.8, 4) is 5.75 Å². The Morgan fingerprint density at radius 2 is 1.49 bits per heavy atom. The van der Waals surface area contributed by atoms with Crippen molar-refractivity contribution in [2.75, 3.05) is 24.5 Å². The summed E-state index contributed by atoms with van der Waals surface area (Å²) >= 11 is 19.6. The zero-order valence-corrected chi connectivity index (χ0v) is 29.1. The lowest BCUT2D eigenvalue weighted by molar-refractivity contribution is -0.140. The monoisotopic (exact) mass is 715 g/mol. The summed E-state index contributed by atoms with van der Waals surface area (Å²) in [6, 6.07) is 25.4. The van der Waals surface area contributed by atoms with E-state index in [0.29, 0.717) is 27.9 Å². The largest absolute Gasteiger partial charge is 0.495 e. The molecule has 4 aromatic rings. The van der Waals surface area contributed by atoms with Gasteiger partial charge in [-0.3, -0.25) is 13.9 Å². The highest BCUT2D eigenvalue weighted by molar-refractivity contribution is 7.92. The fraction of sp³-hybridized carbons (Fsp3) is 0.257. The van der Waals surface area contributed by atoms with Gasteiger partial charge >= 0.3 is 0 Å². The van der Waals surface area contributed by atoms with Crippen molar-refractivity contribution in [1.29, 1.82) is 0 Å². The molecule has 1 atom stereocenters. The van der Waals surface area contributed by atoms with Gasteiger partial charge in [0.15, 0.2) is 0 Å². The number of ether oxygens (including phenoxy) is 1. The van der Waals surface area contributed by atoms with Gasteiger partial charge < -0.3 is 15.0 Å². The summed E-state index contributed by atoms with van der Waals surface area (Å²) in [4.78, 5) is 29.8. The number of unbranched alkanes of at least 4 members (excludes halogenated alkanes) is 1. The van der Waals surface area contributed by atoms with Crippen molar-refractivity contribution in [3.63, 3.8) is 0 Å². The van der Waals surface area contributed by atoms with Crippen LogP contribution in [0.5, 0.6) is 5.75 Å². The van der Waals surface area contributed by atoms with E-state index in [1.54, 1.807) is 36.4 Å². The maximum Gasteiger partial charge on any atom is 0.264 e. The first-order chi connectivity index (χ1) is 22.6. The summed E-state index contributed by atoms with van der Waals surface area (Å²) < 4.78 is 34.5. The van der Waals surface area contributed by atoms with E-state index >= 15 is 0 Å². The molecule has 0 heterocycles. The Bertz CT molecular complexity index is 1760. The molecular weight excluding hydrogens is 681 g/mol. The number of methoxy groups -OCH3 is 1. The molecule has 4 rings (SSSR count). The van der Waals surface area contributed by atoms with Crippen molar-refractivity contribution in [3.05, 3.63) is 123 Å². The molecular formula is C35H36Cl3N3O5S. The second-order valence-electron chi connectivity index (χ2n) is 10.7. The molecule has 12 heteroatoms. The smallest absolute Gasteiger partial charge is 0.264 e. The number of sulfonamides is 1. The summed E-state index contributed by atoms with van der Waals surface area (Å²) in [6.45, 7) is 1.61. The Hall–Kier alpha value is -3.76. The first kappa shape index (κ1) is 36.1. The molecule has 0 unspecified atom stereocenters. The van der Waals surface area contributed by atoms with E-state index in [-0.39, 0.29) is 34.5 Å². The van der Waals surface area contributed by atoms with Gasteiger partial charge in [0.2, 0.25) is 11.8 Å². The lowest BCUT2D eigenvalue weighted by atomic mass is 10.0. The fourth-order valence-corrected chi connectivity index (χ4v) is 7.17. The van der Waals surface area contributed by atoms with Crippen molar-refractivity contribution < 1.29 is 22.7 Å². The van der Waals surface area contributed by atoms with Gasteiger partial charge in [-0.15, -0.1) is 0 Å². The zero-order valence-electron chi connectivity index (χ0n) is 26.0. The summed E-state index contributed by atoms with van der Waals surface area (Å²) in [7, 11) is -2.85. The number of halogens is 3. The summed E-state index contributed by atoms with van der Waals surface area (Å²) in [5.41, 5.74) is 1.37. The zero-order chi connectivity index (χ0) is 34.0. The second-order valence-corrected chi connectivity index (χ2v) is 13.8. The van der Waals surface area contributed by atoms with E-state index in [9.17, 15) is 18.0 Å². The average molecular weight is 717 g/mol. The molecule has 0 saturated carbocycles. The Kier molecular flexibility index (Phi) is 13.0. The first-order valence-electron chi connectivity index (χ1n) is 15.0. The molecule has 8 nitrogen and oxygen atoms in total. The summed E-state index contributed by atoms with van der Waals surface area (Å²) in [6.07, 6.45) is 1.76. The van der Waals surface area contributed by atoms with Crippen LogP contribution in [-0.4, -0.2) is 51.4 Å². The Balaban J connectivity index is 1.84. The number of hydrogen-bond acceptors (Lipinski definition) is 5. The number of benzene rings is 4. The highest BCUT2D eigenvalue weighted by Crippen LogP contribution is 2.33. The number of rotatable bonds is 15. The third kappa shape index (κ3) is 9.20. The van der Waals surface area contributed by atoms with Gasteiger partial charge in [-0.1, -0.05) is 103 Å². The molecule has 0 saturated heterocycles. The Labute approximate surface area is 291 Å².